The third-order valence-corrected chi connectivity index (χ3v) is 7.16. The van der Waals surface area contributed by atoms with Crippen LogP contribution in [0.25, 0.3) is 0 Å². The van der Waals surface area contributed by atoms with E-state index in [1.165, 1.54) is 14.6 Å². The van der Waals surface area contributed by atoms with Crippen molar-refractivity contribution in [3.63, 3.8) is 0 Å². The Morgan fingerprint density at radius 2 is 1.44 bits per heavy atom. The fourth-order valence-corrected chi connectivity index (χ4v) is 2.15. The molecule has 3 nitrogen and oxygen atoms in total. The summed E-state index contributed by atoms with van der Waals surface area (Å²) in [5, 5.41) is 0. The molecule has 0 aromatic rings. The zero-order chi connectivity index (χ0) is 21.5. The molecule has 1 aliphatic rings. The second-order valence-electron chi connectivity index (χ2n) is 8.76. The van der Waals surface area contributed by atoms with Gasteiger partial charge < -0.3 is 10.7 Å². The second kappa shape index (κ2) is 14.5. The summed E-state index contributed by atoms with van der Waals surface area (Å²) in [6, 6.07) is 0. The van der Waals surface area contributed by atoms with Gasteiger partial charge in [0.25, 0.3) is 0 Å². The molecule has 27 heavy (non-hydrogen) atoms. The quantitative estimate of drug-likeness (QED) is 0.324. The van der Waals surface area contributed by atoms with E-state index < -0.39 is 0 Å². The van der Waals surface area contributed by atoms with E-state index >= 15 is 0 Å². The topological polar surface area (TPSA) is 19.0 Å². The van der Waals surface area contributed by atoms with Crippen molar-refractivity contribution in [2.24, 2.45) is 11.3 Å². The molecule has 0 spiro atoms. The van der Waals surface area contributed by atoms with Crippen LogP contribution in [-0.4, -0.2) is 58.4 Å². The van der Waals surface area contributed by atoms with Crippen LogP contribution < -0.4 is 0 Å². The molecule has 1 saturated heterocycles. The van der Waals surface area contributed by atoms with Crippen LogP contribution in [0.1, 0.15) is 68.7 Å². The Kier molecular flexibility index (Phi) is 17.8. The molecule has 1 rings (SSSR count). The fourth-order valence-electron chi connectivity index (χ4n) is 2.15. The Hall–Kier alpha value is 1.48. The van der Waals surface area contributed by atoms with Gasteiger partial charge in [-0.2, -0.15) is 19.3 Å². The standard InChI is InChI=1S/C12H23O.C5H11N.C4H9N.2V.W/c1-8(2)11(4,5)9(3)10-12(6,7)13-10;1-4-5-6(2)3;1-4-5(2)3;;;/h9-10H,1-7H3;4H2,1-3H3;1-3H3;;;/q-1;;;;;/t9?,10-;;;;;/m0...../s1. The number of ether oxygens (including phenoxy) is 1. The van der Waals surface area contributed by atoms with Gasteiger partial charge in [-0.1, -0.05) is 20.8 Å². The van der Waals surface area contributed by atoms with Crippen LogP contribution >= 0.6 is 0 Å². The smallest absolute Gasteiger partial charge is 0 e. The number of rotatable bonds is 6. The first-order valence-corrected chi connectivity index (χ1v) is 10.8. The van der Waals surface area contributed by atoms with Crippen LogP contribution in [-0.2, 0) is 59.8 Å². The van der Waals surface area contributed by atoms with E-state index in [0.29, 0.717) is 17.4 Å². The van der Waals surface area contributed by atoms with Crippen molar-refractivity contribution in [3.05, 3.63) is 5.92 Å². The van der Waals surface area contributed by atoms with Crippen molar-refractivity contribution in [2.75, 3.05) is 28.2 Å². The van der Waals surface area contributed by atoms with Gasteiger partial charge in [0.05, 0.1) is 11.7 Å². The summed E-state index contributed by atoms with van der Waals surface area (Å²) < 4.78 is 8.34. The Labute approximate surface area is 203 Å². The van der Waals surface area contributed by atoms with Gasteiger partial charge in [-0.15, -0.1) is 0 Å². The second-order valence-corrected chi connectivity index (χ2v) is 10.6. The predicted molar refractivity (Wildman–Crippen MR) is 110 cm³/mol. The van der Waals surface area contributed by atoms with Crippen molar-refractivity contribution >= 4 is 8.70 Å². The third-order valence-electron chi connectivity index (χ3n) is 5.42. The first kappa shape index (κ1) is 33.1. The van der Waals surface area contributed by atoms with Gasteiger partial charge in [0, 0.05) is 21.1 Å². The van der Waals surface area contributed by atoms with Gasteiger partial charge in [0.15, 0.2) is 0 Å². The normalized spacial score (nSPS) is 18.5. The number of hydrogen-bond acceptors (Lipinski definition) is 3. The predicted octanol–water partition coefficient (Wildman–Crippen LogP) is 4.32. The molecule has 1 unspecified atom stereocenters. The summed E-state index contributed by atoms with van der Waals surface area (Å²) in [6.07, 6.45) is 1.57. The maximum Gasteiger partial charge on any atom is 0 e. The molecule has 6 heteroatoms. The first-order valence-electron chi connectivity index (χ1n) is 9.42. The molecule has 1 fully saturated rings. The number of nitrogens with zero attached hydrogens (tertiary/aromatic N) is 2. The summed E-state index contributed by atoms with van der Waals surface area (Å²) in [5.41, 5.74) is 0.407. The summed E-state index contributed by atoms with van der Waals surface area (Å²) in [6.45, 7) is 19.9. The molecule has 1 heterocycles. The zero-order valence-corrected chi connectivity index (χ0v) is 25.7. The molecule has 0 N–H and O–H groups in total. The molecule has 1 aliphatic heterocycles. The van der Waals surface area contributed by atoms with Crippen LogP contribution in [0.5, 0.6) is 0 Å². The Morgan fingerprint density at radius 1 is 1.11 bits per heavy atom. The Morgan fingerprint density at radius 3 is 1.56 bits per heavy atom. The molecule has 0 bridgehead atoms. The molecule has 160 valence electrons. The van der Waals surface area contributed by atoms with Gasteiger partial charge >= 0.3 is 101 Å². The van der Waals surface area contributed by atoms with E-state index in [4.69, 9.17) is 4.74 Å². The van der Waals surface area contributed by atoms with Crippen LogP contribution in [0.2, 0.25) is 0 Å². The van der Waals surface area contributed by atoms with Crippen molar-refractivity contribution in [1.29, 1.82) is 0 Å². The first-order chi connectivity index (χ1) is 11.5. The molecule has 0 aromatic carbocycles. The number of epoxide rings is 1. The van der Waals surface area contributed by atoms with E-state index in [-0.39, 0.29) is 26.7 Å². The molecule has 0 radical (unpaired) electrons. The molecule has 2 atom stereocenters. The maximum atomic E-state index is 5.69. The minimum atomic E-state index is 0. The molecule has 0 aliphatic carbocycles. The van der Waals surface area contributed by atoms with E-state index in [9.17, 15) is 0 Å². The van der Waals surface area contributed by atoms with Gasteiger partial charge in [0.1, 0.15) is 0 Å². The largest absolute Gasteiger partial charge is 0 e. The van der Waals surface area contributed by atoms with Crippen molar-refractivity contribution < 1.29 is 59.8 Å². The zero-order valence-electron chi connectivity index (χ0n) is 20.0. The third kappa shape index (κ3) is 13.4. The van der Waals surface area contributed by atoms with Gasteiger partial charge in [-0.05, 0) is 19.8 Å². The van der Waals surface area contributed by atoms with Gasteiger partial charge in [-0.3, -0.25) is 0 Å². The Balaban J connectivity index is -0.000000352. The van der Waals surface area contributed by atoms with Crippen molar-refractivity contribution in [3.8, 4) is 0 Å². The maximum absolute atomic E-state index is 5.69. The number of hydrogen-bond donors (Lipinski definition) is 0. The summed E-state index contributed by atoms with van der Waals surface area (Å²) in [4.78, 5) is 4.17. The average molecular weight is 625 g/mol. The molecular weight excluding hydrogens is 582 g/mol. The van der Waals surface area contributed by atoms with Gasteiger partial charge in [-0.25, -0.2) is 0 Å². The van der Waals surface area contributed by atoms with E-state index in [2.05, 4.69) is 120 Å². The monoisotopic (exact) mass is 625 g/mol. The fraction of sp³-hybridized carbons (Fsp3) is 0.857. The Bertz CT molecular complexity index is 449. The summed E-state index contributed by atoms with van der Waals surface area (Å²) >= 11 is 5.04. The molecule has 0 amide bonds. The van der Waals surface area contributed by atoms with Crippen LogP contribution in [0.4, 0.5) is 0 Å². The summed E-state index contributed by atoms with van der Waals surface area (Å²) in [7, 11) is 8.15. The van der Waals surface area contributed by atoms with Crippen LogP contribution in [0.15, 0.2) is 0 Å². The SMILES string of the molecule is CC[C](=[V])N(C)C.C[C-](C)C(C)(C)C(C)[C@@H]1OC1(C)C.C[C](=[V])N(C)C.[W]. The van der Waals surface area contributed by atoms with Gasteiger partial charge in [0.2, 0.25) is 0 Å². The van der Waals surface area contributed by atoms with Crippen LogP contribution in [0, 0.1) is 17.3 Å². The average Bonchev–Trinajstić information content (AvgIpc) is 3.14. The minimum absolute atomic E-state index is 0. The molecule has 0 saturated carbocycles. The van der Waals surface area contributed by atoms with Crippen LogP contribution in [0.3, 0.4) is 0 Å². The molecular formula is C21H43N2OV2W-. The van der Waals surface area contributed by atoms with E-state index in [0.717, 1.165) is 6.42 Å². The molecule has 0 aromatic heterocycles. The van der Waals surface area contributed by atoms with E-state index in [1.807, 2.05) is 14.1 Å². The van der Waals surface area contributed by atoms with E-state index in [1.54, 1.807) is 0 Å². The minimum Gasteiger partial charge on any atom is 0 e. The van der Waals surface area contributed by atoms with Crippen molar-refractivity contribution in [1.82, 2.24) is 9.80 Å². The summed E-state index contributed by atoms with van der Waals surface area (Å²) in [5.74, 6) is 2.10. The van der Waals surface area contributed by atoms with Crippen molar-refractivity contribution in [2.45, 2.75) is 80.4 Å².